The van der Waals surface area contributed by atoms with Gasteiger partial charge in [0.2, 0.25) is 0 Å². The SMILES string of the molecule is CC(C)[Si]1(C(C)C)CCN(C)N1C[Si](C)C. The van der Waals surface area contributed by atoms with E-state index >= 15 is 0 Å². The molecule has 0 bridgehead atoms. The van der Waals surface area contributed by atoms with Gasteiger partial charge in [0.15, 0.2) is 8.24 Å². The molecule has 0 N–H and O–H groups in total. The van der Waals surface area contributed by atoms with Crippen LogP contribution in [0.25, 0.3) is 0 Å². The van der Waals surface area contributed by atoms with E-state index in [-0.39, 0.29) is 8.80 Å². The van der Waals surface area contributed by atoms with Gasteiger partial charge in [-0.05, 0) is 23.3 Å². The van der Waals surface area contributed by atoms with Gasteiger partial charge in [0.25, 0.3) is 0 Å². The average molecular weight is 258 g/mol. The minimum atomic E-state index is -1.26. The van der Waals surface area contributed by atoms with Crippen molar-refractivity contribution in [2.24, 2.45) is 0 Å². The number of nitrogens with zero attached hydrogens (tertiary/aromatic N) is 2. The number of rotatable bonds is 4. The van der Waals surface area contributed by atoms with Crippen LogP contribution in [0, 0.1) is 0 Å². The van der Waals surface area contributed by atoms with Crippen LogP contribution in [0.4, 0.5) is 0 Å². The van der Waals surface area contributed by atoms with Crippen molar-refractivity contribution < 1.29 is 0 Å². The second kappa shape index (κ2) is 5.33. The number of hydrazine groups is 1. The molecule has 1 heterocycles. The molecule has 0 aromatic carbocycles. The van der Waals surface area contributed by atoms with Crippen LogP contribution < -0.4 is 0 Å². The highest BCUT2D eigenvalue weighted by atomic mass is 28.3. The molecule has 0 aliphatic carbocycles. The summed E-state index contributed by atoms with van der Waals surface area (Å²) in [5.41, 5.74) is 1.75. The van der Waals surface area contributed by atoms with E-state index in [1.807, 2.05) is 0 Å². The molecule has 1 aliphatic rings. The highest BCUT2D eigenvalue weighted by molar-refractivity contribution is 6.81. The summed E-state index contributed by atoms with van der Waals surface area (Å²) >= 11 is 0. The third-order valence-corrected chi connectivity index (χ3v) is 11.9. The quantitative estimate of drug-likeness (QED) is 0.714. The third-order valence-electron chi connectivity index (χ3n) is 4.19. The van der Waals surface area contributed by atoms with Crippen LogP contribution in [-0.2, 0) is 0 Å². The molecule has 1 fully saturated rings. The second-order valence-electron chi connectivity index (χ2n) is 6.20. The molecule has 0 saturated carbocycles. The molecule has 1 radical (unpaired) electrons. The summed E-state index contributed by atoms with van der Waals surface area (Å²) in [4.78, 5) is 0. The molecular formula is C12H29N2Si2. The first kappa shape index (κ1) is 14.4. The van der Waals surface area contributed by atoms with Gasteiger partial charge in [-0.25, -0.2) is 0 Å². The van der Waals surface area contributed by atoms with Crippen LogP contribution in [0.2, 0.25) is 30.2 Å². The van der Waals surface area contributed by atoms with Crippen LogP contribution in [0.15, 0.2) is 0 Å². The zero-order chi connectivity index (χ0) is 12.5. The predicted molar refractivity (Wildman–Crippen MR) is 77.6 cm³/mol. The summed E-state index contributed by atoms with van der Waals surface area (Å²) in [5, 5.41) is 2.53. The molecule has 0 aromatic rings. The average Bonchev–Trinajstić information content (AvgIpc) is 2.44. The first-order valence-corrected chi connectivity index (χ1v) is 11.6. The summed E-state index contributed by atoms with van der Waals surface area (Å²) in [7, 11) is 0.871. The van der Waals surface area contributed by atoms with E-state index in [2.05, 4.69) is 57.5 Å². The monoisotopic (exact) mass is 257 g/mol. The molecule has 1 aliphatic heterocycles. The normalized spacial score (nSPS) is 22.9. The van der Waals surface area contributed by atoms with Gasteiger partial charge in [0, 0.05) is 13.6 Å². The maximum Gasteiger partial charge on any atom is 0.152 e. The Kier molecular flexibility index (Phi) is 4.81. The van der Waals surface area contributed by atoms with E-state index in [0.717, 1.165) is 11.1 Å². The fourth-order valence-corrected chi connectivity index (χ4v) is 11.6. The lowest BCUT2D eigenvalue weighted by Crippen LogP contribution is -2.59. The zero-order valence-corrected chi connectivity index (χ0v) is 14.2. The minimum Gasteiger partial charge on any atom is -0.266 e. The van der Waals surface area contributed by atoms with Crippen molar-refractivity contribution in [1.29, 1.82) is 0 Å². The Morgan fingerprint density at radius 2 is 1.62 bits per heavy atom. The summed E-state index contributed by atoms with van der Waals surface area (Å²) in [5.74, 6) is 0. The van der Waals surface area contributed by atoms with Crippen LogP contribution in [0.3, 0.4) is 0 Å². The first-order valence-electron chi connectivity index (χ1n) is 6.60. The molecular weight excluding hydrogens is 228 g/mol. The Labute approximate surface area is 105 Å². The summed E-state index contributed by atoms with van der Waals surface area (Å²) in [6.45, 7) is 16.0. The van der Waals surface area contributed by atoms with Crippen molar-refractivity contribution in [3.63, 3.8) is 0 Å². The Balaban J connectivity index is 2.97. The summed E-state index contributed by atoms with van der Waals surface area (Å²) < 4.78 is 2.83. The standard InChI is InChI=1S/C12H29N2Si2/c1-11(2)16(12(3)4)9-8-13(5)14(16)10-15(6)7/h11-12H,8-10H2,1-7H3. The predicted octanol–water partition coefficient (Wildman–Crippen LogP) is 3.21. The van der Waals surface area contributed by atoms with Gasteiger partial charge in [-0.1, -0.05) is 40.8 Å². The number of hydrogen-bond donors (Lipinski definition) is 0. The maximum absolute atomic E-state index is 2.83. The van der Waals surface area contributed by atoms with E-state index < -0.39 is 8.24 Å². The van der Waals surface area contributed by atoms with Crippen LogP contribution in [-0.4, -0.2) is 46.5 Å². The van der Waals surface area contributed by atoms with Crippen molar-refractivity contribution >= 4 is 17.0 Å². The molecule has 0 amide bonds. The Morgan fingerprint density at radius 3 is 2.00 bits per heavy atom. The van der Waals surface area contributed by atoms with Crippen molar-refractivity contribution in [3.8, 4) is 0 Å². The number of hydrogen-bond acceptors (Lipinski definition) is 2. The molecule has 95 valence electrons. The second-order valence-corrected chi connectivity index (χ2v) is 14.2. The van der Waals surface area contributed by atoms with Gasteiger partial charge >= 0.3 is 0 Å². The van der Waals surface area contributed by atoms with Gasteiger partial charge in [0.1, 0.15) is 0 Å². The lowest BCUT2D eigenvalue weighted by Gasteiger charge is -2.45. The van der Waals surface area contributed by atoms with E-state index in [1.54, 1.807) is 0 Å². The lowest BCUT2D eigenvalue weighted by atomic mass is 10.5. The highest BCUT2D eigenvalue weighted by Gasteiger charge is 2.50. The maximum atomic E-state index is 2.83. The fourth-order valence-electron chi connectivity index (χ4n) is 3.32. The molecule has 2 nitrogen and oxygen atoms in total. The van der Waals surface area contributed by atoms with Crippen molar-refractivity contribution in [1.82, 2.24) is 9.68 Å². The summed E-state index contributed by atoms with van der Waals surface area (Å²) in [6.07, 6.45) is 1.35. The van der Waals surface area contributed by atoms with Crippen molar-refractivity contribution in [2.45, 2.75) is 57.9 Å². The van der Waals surface area contributed by atoms with Crippen LogP contribution >= 0.6 is 0 Å². The van der Waals surface area contributed by atoms with Gasteiger partial charge in [-0.3, -0.25) is 9.68 Å². The van der Waals surface area contributed by atoms with Gasteiger partial charge in [-0.15, -0.1) is 0 Å². The lowest BCUT2D eigenvalue weighted by molar-refractivity contribution is 0.130. The molecule has 4 heteroatoms. The van der Waals surface area contributed by atoms with Crippen LogP contribution in [0.1, 0.15) is 27.7 Å². The van der Waals surface area contributed by atoms with Crippen molar-refractivity contribution in [3.05, 3.63) is 0 Å². The molecule has 16 heavy (non-hydrogen) atoms. The first-order chi connectivity index (χ1) is 7.32. The van der Waals surface area contributed by atoms with E-state index in [1.165, 1.54) is 18.8 Å². The zero-order valence-electron chi connectivity index (χ0n) is 12.2. The summed E-state index contributed by atoms with van der Waals surface area (Å²) in [6, 6.07) is 1.47. The molecule has 0 aromatic heterocycles. The molecule has 1 saturated heterocycles. The van der Waals surface area contributed by atoms with E-state index in [0.29, 0.717) is 0 Å². The topological polar surface area (TPSA) is 6.48 Å². The molecule has 1 rings (SSSR count). The molecule has 0 atom stereocenters. The Morgan fingerprint density at radius 1 is 1.12 bits per heavy atom. The molecule has 0 spiro atoms. The third kappa shape index (κ3) is 2.45. The van der Waals surface area contributed by atoms with Crippen molar-refractivity contribution in [2.75, 3.05) is 19.8 Å². The van der Waals surface area contributed by atoms with E-state index in [4.69, 9.17) is 0 Å². The fraction of sp³-hybridized carbons (Fsp3) is 1.00. The molecule has 0 unspecified atom stereocenters. The minimum absolute atomic E-state index is 0.167. The Hall–Kier alpha value is 0.354. The van der Waals surface area contributed by atoms with Gasteiger partial charge in [-0.2, -0.15) is 0 Å². The van der Waals surface area contributed by atoms with Gasteiger partial charge in [0.05, 0.1) is 8.80 Å². The van der Waals surface area contributed by atoms with Gasteiger partial charge < -0.3 is 0 Å². The largest absolute Gasteiger partial charge is 0.266 e. The smallest absolute Gasteiger partial charge is 0.152 e. The Bertz CT molecular complexity index is 221. The van der Waals surface area contributed by atoms with Crippen LogP contribution in [0.5, 0.6) is 0 Å². The highest BCUT2D eigenvalue weighted by Crippen LogP contribution is 2.43. The van der Waals surface area contributed by atoms with E-state index in [9.17, 15) is 0 Å².